The Bertz CT molecular complexity index is 517. The topological polar surface area (TPSA) is 45.5 Å². The van der Waals surface area contributed by atoms with Crippen molar-refractivity contribution in [2.75, 3.05) is 31.7 Å². The van der Waals surface area contributed by atoms with Gasteiger partial charge in [-0.25, -0.2) is 0 Å². The third-order valence-electron chi connectivity index (χ3n) is 3.80. The molecule has 2 aliphatic rings. The van der Waals surface area contributed by atoms with Crippen LogP contribution in [0.15, 0.2) is 18.2 Å². The first-order valence-electron chi connectivity index (χ1n) is 6.74. The number of hydrogen-bond acceptors (Lipinski definition) is 4. The summed E-state index contributed by atoms with van der Waals surface area (Å²) in [5, 5.41) is 9.16. The standard InChI is InChI=1S/C15H18N2O2/c1-17(11-15(10-16)5-6-15)12-3-4-13-14(9-12)19-8-2-7-18-13/h3-4,9H,2,5-8,11H2,1H3. The van der Waals surface area contributed by atoms with Crippen molar-refractivity contribution in [1.82, 2.24) is 0 Å². The van der Waals surface area contributed by atoms with Gasteiger partial charge in [0.25, 0.3) is 0 Å². The van der Waals surface area contributed by atoms with E-state index in [9.17, 15) is 0 Å². The fourth-order valence-electron chi connectivity index (χ4n) is 2.39. The second-order valence-corrected chi connectivity index (χ2v) is 5.43. The van der Waals surface area contributed by atoms with Crippen molar-refractivity contribution >= 4 is 5.69 Å². The highest BCUT2D eigenvalue weighted by Gasteiger charge is 2.44. The third-order valence-corrected chi connectivity index (χ3v) is 3.80. The molecule has 1 heterocycles. The maximum Gasteiger partial charge on any atom is 0.163 e. The molecule has 1 aliphatic carbocycles. The lowest BCUT2D eigenvalue weighted by Crippen LogP contribution is -2.25. The number of nitrogens with zero attached hydrogens (tertiary/aromatic N) is 2. The molecule has 0 N–H and O–H groups in total. The molecule has 1 fully saturated rings. The molecule has 0 radical (unpaired) electrons. The zero-order valence-corrected chi connectivity index (χ0v) is 11.2. The van der Waals surface area contributed by atoms with E-state index in [0.717, 1.165) is 43.0 Å². The largest absolute Gasteiger partial charge is 0.490 e. The Hall–Kier alpha value is -1.89. The molecule has 0 amide bonds. The van der Waals surface area contributed by atoms with Crippen molar-refractivity contribution in [3.8, 4) is 17.6 Å². The van der Waals surface area contributed by atoms with Gasteiger partial charge >= 0.3 is 0 Å². The van der Waals surface area contributed by atoms with Gasteiger partial charge in [-0.15, -0.1) is 0 Å². The quantitative estimate of drug-likeness (QED) is 0.836. The number of benzene rings is 1. The molecule has 0 saturated heterocycles. The molecule has 100 valence electrons. The van der Waals surface area contributed by atoms with E-state index in [1.807, 2.05) is 25.2 Å². The zero-order chi connectivity index (χ0) is 13.3. The monoisotopic (exact) mass is 258 g/mol. The second kappa shape index (κ2) is 4.65. The number of anilines is 1. The molecule has 0 atom stereocenters. The van der Waals surface area contributed by atoms with Gasteiger partial charge in [-0.3, -0.25) is 0 Å². The first-order chi connectivity index (χ1) is 9.22. The normalized spacial score (nSPS) is 19.2. The van der Waals surface area contributed by atoms with Crippen LogP contribution in [0.25, 0.3) is 0 Å². The Balaban J connectivity index is 1.78. The van der Waals surface area contributed by atoms with E-state index in [4.69, 9.17) is 14.7 Å². The maximum absolute atomic E-state index is 9.16. The van der Waals surface area contributed by atoms with Crippen LogP contribution in [0.5, 0.6) is 11.5 Å². The second-order valence-electron chi connectivity index (χ2n) is 5.43. The molecule has 1 aromatic rings. The Morgan fingerprint density at radius 2 is 2.00 bits per heavy atom. The molecule has 0 unspecified atom stereocenters. The number of fused-ring (bicyclic) bond motifs is 1. The summed E-state index contributed by atoms with van der Waals surface area (Å²) in [7, 11) is 2.02. The molecule has 1 aliphatic heterocycles. The van der Waals surface area contributed by atoms with Gasteiger partial charge in [0, 0.05) is 31.8 Å². The van der Waals surface area contributed by atoms with Crippen LogP contribution in [0, 0.1) is 16.7 Å². The number of ether oxygens (including phenoxy) is 2. The fraction of sp³-hybridized carbons (Fsp3) is 0.533. The Labute approximate surface area is 113 Å². The Kier molecular flexibility index (Phi) is 2.98. The highest BCUT2D eigenvalue weighted by Crippen LogP contribution is 2.46. The predicted octanol–water partition coefficient (Wildman–Crippen LogP) is 2.59. The van der Waals surface area contributed by atoms with Crippen molar-refractivity contribution in [3.63, 3.8) is 0 Å². The SMILES string of the molecule is CN(CC1(C#N)CC1)c1ccc2c(c1)OCCCO2. The molecule has 0 aromatic heterocycles. The zero-order valence-electron chi connectivity index (χ0n) is 11.2. The van der Waals surface area contributed by atoms with Gasteiger partial charge in [0.2, 0.25) is 0 Å². The highest BCUT2D eigenvalue weighted by atomic mass is 16.5. The van der Waals surface area contributed by atoms with E-state index in [1.165, 1.54) is 0 Å². The van der Waals surface area contributed by atoms with Crippen LogP contribution in [-0.4, -0.2) is 26.8 Å². The number of nitriles is 1. The molecular formula is C15H18N2O2. The minimum atomic E-state index is -0.126. The molecular weight excluding hydrogens is 240 g/mol. The summed E-state index contributed by atoms with van der Waals surface area (Å²) in [4.78, 5) is 2.13. The van der Waals surface area contributed by atoms with E-state index in [0.29, 0.717) is 13.2 Å². The van der Waals surface area contributed by atoms with Crippen LogP contribution in [0.1, 0.15) is 19.3 Å². The van der Waals surface area contributed by atoms with Gasteiger partial charge in [0.1, 0.15) is 0 Å². The van der Waals surface area contributed by atoms with Crippen LogP contribution in [0.2, 0.25) is 0 Å². The molecule has 4 heteroatoms. The van der Waals surface area contributed by atoms with Crippen LogP contribution >= 0.6 is 0 Å². The average Bonchev–Trinajstić information content (AvgIpc) is 3.21. The summed E-state index contributed by atoms with van der Waals surface area (Å²) >= 11 is 0. The summed E-state index contributed by atoms with van der Waals surface area (Å²) in [5.74, 6) is 1.62. The van der Waals surface area contributed by atoms with Crippen molar-refractivity contribution in [2.24, 2.45) is 5.41 Å². The van der Waals surface area contributed by atoms with E-state index < -0.39 is 0 Å². The van der Waals surface area contributed by atoms with Gasteiger partial charge in [-0.05, 0) is 25.0 Å². The molecule has 0 bridgehead atoms. The van der Waals surface area contributed by atoms with E-state index in [2.05, 4.69) is 11.0 Å². The highest BCUT2D eigenvalue weighted by molar-refractivity contribution is 5.56. The molecule has 19 heavy (non-hydrogen) atoms. The van der Waals surface area contributed by atoms with Gasteiger partial charge in [-0.1, -0.05) is 0 Å². The smallest absolute Gasteiger partial charge is 0.163 e. The first-order valence-corrected chi connectivity index (χ1v) is 6.74. The number of rotatable bonds is 3. The maximum atomic E-state index is 9.16. The van der Waals surface area contributed by atoms with Crippen molar-refractivity contribution < 1.29 is 9.47 Å². The fourth-order valence-corrected chi connectivity index (χ4v) is 2.39. The van der Waals surface area contributed by atoms with Crippen LogP contribution in [-0.2, 0) is 0 Å². The van der Waals surface area contributed by atoms with E-state index in [1.54, 1.807) is 0 Å². The minimum absolute atomic E-state index is 0.126. The van der Waals surface area contributed by atoms with Crippen molar-refractivity contribution in [1.29, 1.82) is 5.26 Å². The lowest BCUT2D eigenvalue weighted by Gasteiger charge is -2.22. The summed E-state index contributed by atoms with van der Waals surface area (Å²) in [6, 6.07) is 8.42. The number of hydrogen-bond donors (Lipinski definition) is 0. The van der Waals surface area contributed by atoms with Gasteiger partial charge < -0.3 is 14.4 Å². The minimum Gasteiger partial charge on any atom is -0.490 e. The summed E-state index contributed by atoms with van der Waals surface area (Å²) < 4.78 is 11.3. The van der Waals surface area contributed by atoms with Crippen LogP contribution in [0.4, 0.5) is 5.69 Å². The van der Waals surface area contributed by atoms with E-state index in [-0.39, 0.29) is 5.41 Å². The Morgan fingerprint density at radius 1 is 1.26 bits per heavy atom. The third kappa shape index (κ3) is 2.46. The summed E-state index contributed by atoms with van der Waals surface area (Å²) in [6.45, 7) is 2.19. The summed E-state index contributed by atoms with van der Waals surface area (Å²) in [5.41, 5.74) is 0.949. The average molecular weight is 258 g/mol. The van der Waals surface area contributed by atoms with Gasteiger partial charge in [0.15, 0.2) is 11.5 Å². The molecule has 4 nitrogen and oxygen atoms in total. The lowest BCUT2D eigenvalue weighted by atomic mass is 10.1. The molecule has 3 rings (SSSR count). The summed E-state index contributed by atoms with van der Waals surface area (Å²) in [6.07, 6.45) is 2.94. The van der Waals surface area contributed by atoms with Crippen molar-refractivity contribution in [3.05, 3.63) is 18.2 Å². The van der Waals surface area contributed by atoms with Gasteiger partial charge in [0.05, 0.1) is 24.7 Å². The molecule has 1 saturated carbocycles. The molecule has 1 aromatic carbocycles. The predicted molar refractivity (Wildman–Crippen MR) is 72.6 cm³/mol. The van der Waals surface area contributed by atoms with E-state index >= 15 is 0 Å². The first kappa shape index (κ1) is 12.2. The van der Waals surface area contributed by atoms with Gasteiger partial charge in [-0.2, -0.15) is 5.26 Å². The van der Waals surface area contributed by atoms with Crippen molar-refractivity contribution in [2.45, 2.75) is 19.3 Å². The lowest BCUT2D eigenvalue weighted by molar-refractivity contribution is 0.297. The Morgan fingerprint density at radius 3 is 2.68 bits per heavy atom. The molecule has 0 spiro atoms. The van der Waals surface area contributed by atoms with Crippen LogP contribution in [0.3, 0.4) is 0 Å². The van der Waals surface area contributed by atoms with Crippen LogP contribution < -0.4 is 14.4 Å².